The van der Waals surface area contributed by atoms with Crippen molar-refractivity contribution in [2.45, 2.75) is 26.9 Å². The van der Waals surface area contributed by atoms with Gasteiger partial charge in [-0.2, -0.15) is 0 Å². The van der Waals surface area contributed by atoms with E-state index in [0.717, 1.165) is 31.8 Å². The molecule has 1 aliphatic heterocycles. The van der Waals surface area contributed by atoms with E-state index in [1.165, 1.54) is 6.07 Å². The number of hydrogen-bond acceptors (Lipinski definition) is 4. The maximum atomic E-state index is 13.4. The van der Waals surface area contributed by atoms with E-state index in [-0.39, 0.29) is 18.6 Å². The van der Waals surface area contributed by atoms with Gasteiger partial charge in [-0.1, -0.05) is 13.8 Å². The first-order valence-corrected chi connectivity index (χ1v) is 9.19. The maximum absolute atomic E-state index is 13.4. The van der Waals surface area contributed by atoms with Crippen molar-refractivity contribution < 1.29 is 18.3 Å². The van der Waals surface area contributed by atoms with E-state index >= 15 is 0 Å². The molecule has 0 bridgehead atoms. The van der Waals surface area contributed by atoms with E-state index in [1.807, 2.05) is 6.92 Å². The zero-order valence-corrected chi connectivity index (χ0v) is 15.8. The Morgan fingerprint density at radius 3 is 2.81 bits per heavy atom. The Kier molecular flexibility index (Phi) is 7.78. The molecule has 146 valence electrons. The predicted molar refractivity (Wildman–Crippen MR) is 98.3 cm³/mol. The average Bonchev–Trinajstić information content (AvgIpc) is 2.60. The van der Waals surface area contributed by atoms with E-state index < -0.39 is 11.6 Å². The van der Waals surface area contributed by atoms with Crippen molar-refractivity contribution in [1.82, 2.24) is 10.2 Å². The Bertz CT molecular complexity index is 598. The van der Waals surface area contributed by atoms with Crippen LogP contribution >= 0.6 is 0 Å². The van der Waals surface area contributed by atoms with Crippen molar-refractivity contribution in [3.8, 4) is 0 Å². The number of halogens is 2. The smallest absolute Gasteiger partial charge is 0.239 e. The number of morpholine rings is 1. The Morgan fingerprint density at radius 1 is 1.38 bits per heavy atom. The molecule has 0 radical (unpaired) electrons. The second kappa shape index (κ2) is 9.83. The lowest BCUT2D eigenvalue weighted by Crippen LogP contribution is -2.49. The van der Waals surface area contributed by atoms with Gasteiger partial charge in [0.25, 0.3) is 0 Å². The van der Waals surface area contributed by atoms with Gasteiger partial charge in [0.2, 0.25) is 5.91 Å². The van der Waals surface area contributed by atoms with Crippen LogP contribution in [0, 0.1) is 17.6 Å². The lowest BCUT2D eigenvalue weighted by molar-refractivity contribution is -0.121. The maximum Gasteiger partial charge on any atom is 0.239 e. The number of amides is 1. The third-order valence-corrected chi connectivity index (χ3v) is 4.36. The normalized spacial score (nSPS) is 18.2. The molecule has 7 heteroatoms. The van der Waals surface area contributed by atoms with Gasteiger partial charge in [0.1, 0.15) is 0 Å². The van der Waals surface area contributed by atoms with Crippen LogP contribution in [0.3, 0.4) is 0 Å². The van der Waals surface area contributed by atoms with Crippen molar-refractivity contribution >= 4 is 11.6 Å². The lowest BCUT2D eigenvalue weighted by atomic mass is 10.2. The van der Waals surface area contributed by atoms with Gasteiger partial charge in [0, 0.05) is 44.5 Å². The minimum Gasteiger partial charge on any atom is -0.374 e. The molecule has 1 unspecified atom stereocenters. The molecular weight excluding hydrogens is 340 g/mol. The molecule has 0 aromatic heterocycles. The van der Waals surface area contributed by atoms with Crippen molar-refractivity contribution in [1.29, 1.82) is 0 Å². The van der Waals surface area contributed by atoms with Crippen LogP contribution in [0.5, 0.6) is 0 Å². The molecule has 0 aliphatic carbocycles. The Labute approximate surface area is 154 Å². The minimum atomic E-state index is -0.915. The van der Waals surface area contributed by atoms with E-state index in [1.54, 1.807) is 4.90 Å². The van der Waals surface area contributed by atoms with Crippen LogP contribution < -0.4 is 10.2 Å². The van der Waals surface area contributed by atoms with Gasteiger partial charge < -0.3 is 15.0 Å². The second-order valence-corrected chi connectivity index (χ2v) is 7.06. The second-order valence-electron chi connectivity index (χ2n) is 7.06. The van der Waals surface area contributed by atoms with Gasteiger partial charge in [-0.15, -0.1) is 0 Å². The molecule has 2 rings (SSSR count). The summed E-state index contributed by atoms with van der Waals surface area (Å²) in [5.41, 5.74) is 0.485. The largest absolute Gasteiger partial charge is 0.374 e. The molecule has 1 atom stereocenters. The number of likely N-dealkylation sites (N-methyl/N-ethyl adjacent to an activating group) is 1. The number of nitrogens with one attached hydrogen (secondary N) is 1. The highest BCUT2D eigenvalue weighted by atomic mass is 19.2. The fraction of sp³-hybridized carbons (Fsp3) is 0.632. The van der Waals surface area contributed by atoms with Crippen LogP contribution in [0.25, 0.3) is 0 Å². The topological polar surface area (TPSA) is 44.8 Å². The lowest BCUT2D eigenvalue weighted by Gasteiger charge is -2.34. The first-order valence-electron chi connectivity index (χ1n) is 9.19. The quantitative estimate of drug-likeness (QED) is 0.764. The van der Waals surface area contributed by atoms with Gasteiger partial charge >= 0.3 is 0 Å². The van der Waals surface area contributed by atoms with Crippen LogP contribution in [0.2, 0.25) is 0 Å². The molecule has 1 N–H and O–H groups in total. The van der Waals surface area contributed by atoms with E-state index in [9.17, 15) is 13.6 Å². The van der Waals surface area contributed by atoms with E-state index in [0.29, 0.717) is 31.3 Å². The average molecular weight is 369 g/mol. The van der Waals surface area contributed by atoms with Crippen LogP contribution in [0.15, 0.2) is 18.2 Å². The summed E-state index contributed by atoms with van der Waals surface area (Å²) in [6.07, 6.45) is -0.0233. The molecule has 0 spiro atoms. The van der Waals surface area contributed by atoms with Crippen molar-refractivity contribution in [2.75, 3.05) is 50.8 Å². The Balaban J connectivity index is 1.82. The summed E-state index contributed by atoms with van der Waals surface area (Å²) in [6.45, 7) is 10.7. The van der Waals surface area contributed by atoms with Crippen LogP contribution in [-0.4, -0.2) is 62.8 Å². The molecule has 26 heavy (non-hydrogen) atoms. The van der Waals surface area contributed by atoms with Crippen LogP contribution in [0.1, 0.15) is 20.8 Å². The number of hydrogen-bond donors (Lipinski definition) is 1. The van der Waals surface area contributed by atoms with Crippen molar-refractivity contribution in [2.24, 2.45) is 5.92 Å². The highest BCUT2D eigenvalue weighted by Crippen LogP contribution is 2.17. The van der Waals surface area contributed by atoms with Gasteiger partial charge in [-0.3, -0.25) is 9.69 Å². The third kappa shape index (κ3) is 6.21. The van der Waals surface area contributed by atoms with E-state index in [2.05, 4.69) is 24.1 Å². The molecule has 5 nitrogen and oxygen atoms in total. The summed E-state index contributed by atoms with van der Waals surface area (Å²) in [6, 6.07) is 3.66. The Morgan fingerprint density at radius 2 is 2.15 bits per heavy atom. The Hall–Kier alpha value is -1.73. The fourth-order valence-corrected chi connectivity index (χ4v) is 3.11. The molecular formula is C19H29F2N3O2. The van der Waals surface area contributed by atoms with Gasteiger partial charge in [-0.05, 0) is 25.0 Å². The molecule has 1 aliphatic rings. The summed E-state index contributed by atoms with van der Waals surface area (Å²) in [7, 11) is 0. The van der Waals surface area contributed by atoms with Crippen LogP contribution in [-0.2, 0) is 9.53 Å². The summed E-state index contributed by atoms with van der Waals surface area (Å²) in [5, 5.41) is 2.89. The third-order valence-electron chi connectivity index (χ3n) is 4.36. The minimum absolute atomic E-state index is 0.0233. The highest BCUT2D eigenvalue weighted by molar-refractivity contribution is 5.81. The summed E-state index contributed by atoms with van der Waals surface area (Å²) in [5.74, 6) is -1.38. The molecule has 0 saturated carbocycles. The highest BCUT2D eigenvalue weighted by Gasteiger charge is 2.21. The number of rotatable bonds is 8. The molecule has 1 saturated heterocycles. The standard InChI is InChI=1S/C19H29F2N3O2/c1-4-24(15-5-6-17(20)18(21)9-15)13-19(25)22-10-16-12-23(7-8-26-16)11-14(2)3/h5-6,9,14,16H,4,7-8,10-13H2,1-3H3,(H,22,25). The zero-order valence-electron chi connectivity index (χ0n) is 15.8. The first-order chi connectivity index (χ1) is 12.4. The monoisotopic (exact) mass is 369 g/mol. The SMILES string of the molecule is CCN(CC(=O)NCC1CN(CC(C)C)CCO1)c1ccc(F)c(F)c1. The number of ether oxygens (including phenoxy) is 1. The predicted octanol–water partition coefficient (Wildman–Crippen LogP) is 2.26. The number of carbonyl (C=O) groups excluding carboxylic acids is 1. The van der Waals surface area contributed by atoms with Crippen molar-refractivity contribution in [3.63, 3.8) is 0 Å². The summed E-state index contributed by atoms with van der Waals surface area (Å²) >= 11 is 0. The van der Waals surface area contributed by atoms with Gasteiger partial charge in [0.05, 0.1) is 19.3 Å². The number of benzene rings is 1. The number of carbonyl (C=O) groups is 1. The summed E-state index contributed by atoms with van der Waals surface area (Å²) < 4.78 is 32.2. The zero-order chi connectivity index (χ0) is 19.1. The number of nitrogens with zero attached hydrogens (tertiary/aromatic N) is 2. The van der Waals surface area contributed by atoms with Gasteiger partial charge in [-0.25, -0.2) is 8.78 Å². The van der Waals surface area contributed by atoms with E-state index in [4.69, 9.17) is 4.74 Å². The van der Waals surface area contributed by atoms with Gasteiger partial charge in [0.15, 0.2) is 11.6 Å². The molecule has 1 aromatic carbocycles. The number of anilines is 1. The molecule has 1 fully saturated rings. The molecule has 1 aromatic rings. The first kappa shape index (κ1) is 20.6. The molecule has 1 amide bonds. The van der Waals surface area contributed by atoms with Crippen molar-refractivity contribution in [3.05, 3.63) is 29.8 Å². The van der Waals surface area contributed by atoms with Crippen LogP contribution in [0.4, 0.5) is 14.5 Å². The molecule has 1 heterocycles. The summed E-state index contributed by atoms with van der Waals surface area (Å²) in [4.78, 5) is 16.3. The fourth-order valence-electron chi connectivity index (χ4n) is 3.11.